The van der Waals surface area contributed by atoms with Crippen LogP contribution in [0.5, 0.6) is 0 Å². The average Bonchev–Trinajstić information content (AvgIpc) is 2.11. The van der Waals surface area contributed by atoms with Crippen LogP contribution in [0.25, 0.3) is 0 Å². The van der Waals surface area contributed by atoms with Crippen molar-refractivity contribution < 1.29 is 14.1 Å². The Bertz CT molecular complexity index is 397. The van der Waals surface area contributed by atoms with Crippen molar-refractivity contribution in [3.05, 3.63) is 32.5 Å². The lowest BCUT2D eigenvalue weighted by Crippen LogP contribution is -2.02. The zero-order valence-electron chi connectivity index (χ0n) is 6.66. The maximum absolute atomic E-state index is 13.2. The monoisotopic (exact) mass is 262 g/mol. The number of nitrogens with zero attached hydrogens (tertiary/aromatic N) is 1. The molecule has 0 fully saturated rings. The summed E-state index contributed by atoms with van der Waals surface area (Å²) in [5, 5.41) is 12.5. The maximum atomic E-state index is 13.2. The number of nitro groups is 1. The quantitative estimate of drug-likeness (QED) is 0.515. The lowest BCUT2D eigenvalue weighted by molar-refractivity contribution is -0.386. The molecule has 1 aromatic rings. The first-order valence-corrected chi connectivity index (χ1v) is 4.19. The molecule has 0 radical (unpaired) electrons. The summed E-state index contributed by atoms with van der Waals surface area (Å²) in [6.07, 6.45) is 0.246. The topological polar surface area (TPSA) is 72.2 Å². The van der Waals surface area contributed by atoms with E-state index in [0.29, 0.717) is 0 Å². The standard InChI is InChI=1S/C7H4BrFN2O3/c8-4-1-2-5(10-3-12)7(6(4)9)11(13)14/h1-3H,(H,10,12). The third kappa shape index (κ3) is 1.87. The molecule has 0 aliphatic rings. The minimum absolute atomic E-state index is 0.0272. The van der Waals surface area contributed by atoms with Gasteiger partial charge in [-0.2, -0.15) is 4.39 Å². The van der Waals surface area contributed by atoms with Gasteiger partial charge in [-0.15, -0.1) is 0 Å². The van der Waals surface area contributed by atoms with Gasteiger partial charge in [0.15, 0.2) is 0 Å². The predicted octanol–water partition coefficient (Wildman–Crippen LogP) is 2.06. The summed E-state index contributed by atoms with van der Waals surface area (Å²) < 4.78 is 13.2. The fraction of sp³-hybridized carbons (Fsp3) is 0. The third-order valence-electron chi connectivity index (χ3n) is 1.47. The molecular weight excluding hydrogens is 259 g/mol. The number of benzene rings is 1. The molecule has 7 heteroatoms. The van der Waals surface area contributed by atoms with E-state index in [-0.39, 0.29) is 16.6 Å². The molecule has 74 valence electrons. The first-order valence-electron chi connectivity index (χ1n) is 3.40. The van der Waals surface area contributed by atoms with Gasteiger partial charge < -0.3 is 5.32 Å². The normalized spacial score (nSPS) is 9.57. The fourth-order valence-corrected chi connectivity index (χ4v) is 1.22. The summed E-state index contributed by atoms with van der Waals surface area (Å²) in [7, 11) is 0. The third-order valence-corrected chi connectivity index (χ3v) is 2.08. The van der Waals surface area contributed by atoms with Gasteiger partial charge in [0.2, 0.25) is 12.2 Å². The van der Waals surface area contributed by atoms with Gasteiger partial charge in [0.25, 0.3) is 0 Å². The molecule has 0 spiro atoms. The van der Waals surface area contributed by atoms with E-state index in [1.54, 1.807) is 0 Å². The molecular formula is C7H4BrFN2O3. The first kappa shape index (κ1) is 10.6. The van der Waals surface area contributed by atoms with Crippen molar-refractivity contribution in [1.29, 1.82) is 0 Å². The van der Waals surface area contributed by atoms with Crippen molar-refractivity contribution in [3.8, 4) is 0 Å². The summed E-state index contributed by atoms with van der Waals surface area (Å²) in [4.78, 5) is 19.6. The van der Waals surface area contributed by atoms with Crippen LogP contribution in [0.2, 0.25) is 0 Å². The second-order valence-electron chi connectivity index (χ2n) is 2.28. The summed E-state index contributed by atoms with van der Waals surface area (Å²) in [5.74, 6) is -1.01. The number of amides is 1. The number of halogens is 2. The molecule has 0 heterocycles. The van der Waals surface area contributed by atoms with Crippen molar-refractivity contribution in [1.82, 2.24) is 0 Å². The lowest BCUT2D eigenvalue weighted by atomic mass is 10.2. The smallest absolute Gasteiger partial charge is 0.323 e. The number of nitrogens with one attached hydrogen (secondary N) is 1. The van der Waals surface area contributed by atoms with E-state index in [1.807, 2.05) is 5.32 Å². The van der Waals surface area contributed by atoms with Crippen LogP contribution in [-0.2, 0) is 4.79 Å². The van der Waals surface area contributed by atoms with E-state index in [9.17, 15) is 19.3 Å². The largest absolute Gasteiger partial charge is 0.329 e. The molecule has 0 saturated carbocycles. The van der Waals surface area contributed by atoms with E-state index in [4.69, 9.17) is 0 Å². The van der Waals surface area contributed by atoms with Crippen LogP contribution < -0.4 is 5.32 Å². The van der Waals surface area contributed by atoms with Gasteiger partial charge >= 0.3 is 5.69 Å². The number of nitro benzene ring substituents is 1. The minimum atomic E-state index is -1.01. The Balaban J connectivity index is 3.37. The molecule has 1 N–H and O–H groups in total. The van der Waals surface area contributed by atoms with Crippen LogP contribution in [0.1, 0.15) is 0 Å². The zero-order valence-corrected chi connectivity index (χ0v) is 8.25. The number of hydrogen-bond acceptors (Lipinski definition) is 3. The van der Waals surface area contributed by atoms with E-state index in [0.717, 1.165) is 0 Å². The maximum Gasteiger partial charge on any atom is 0.329 e. The summed E-state index contributed by atoms with van der Waals surface area (Å²) >= 11 is 2.80. The Morgan fingerprint density at radius 1 is 1.57 bits per heavy atom. The molecule has 1 amide bonds. The molecule has 0 aromatic heterocycles. The van der Waals surface area contributed by atoms with Crippen LogP contribution >= 0.6 is 15.9 Å². The van der Waals surface area contributed by atoms with E-state index >= 15 is 0 Å². The van der Waals surface area contributed by atoms with Gasteiger partial charge in [-0.3, -0.25) is 14.9 Å². The van der Waals surface area contributed by atoms with Crippen LogP contribution in [-0.4, -0.2) is 11.3 Å². The molecule has 1 rings (SSSR count). The molecule has 5 nitrogen and oxygen atoms in total. The number of carbonyl (C=O) groups excluding carboxylic acids is 1. The van der Waals surface area contributed by atoms with Crippen LogP contribution in [0, 0.1) is 15.9 Å². The molecule has 14 heavy (non-hydrogen) atoms. The summed E-state index contributed by atoms with van der Waals surface area (Å²) in [6.45, 7) is 0. The lowest BCUT2D eigenvalue weighted by Gasteiger charge is -2.02. The SMILES string of the molecule is O=CNc1ccc(Br)c(F)c1[N+](=O)[O-]. The van der Waals surface area contributed by atoms with E-state index in [1.165, 1.54) is 12.1 Å². The van der Waals surface area contributed by atoms with Gasteiger partial charge in [0.05, 0.1) is 9.40 Å². The van der Waals surface area contributed by atoms with Crippen molar-refractivity contribution in [2.45, 2.75) is 0 Å². The summed E-state index contributed by atoms with van der Waals surface area (Å²) in [6, 6.07) is 2.51. The van der Waals surface area contributed by atoms with Gasteiger partial charge in [-0.05, 0) is 28.1 Å². The molecule has 0 unspecified atom stereocenters. The van der Waals surface area contributed by atoms with Crippen molar-refractivity contribution >= 4 is 33.7 Å². The van der Waals surface area contributed by atoms with Gasteiger partial charge in [0.1, 0.15) is 5.69 Å². The predicted molar refractivity (Wildman–Crippen MR) is 50.4 cm³/mol. The van der Waals surface area contributed by atoms with Crippen LogP contribution in [0.4, 0.5) is 15.8 Å². The highest BCUT2D eigenvalue weighted by Crippen LogP contribution is 2.31. The zero-order chi connectivity index (χ0) is 10.7. The van der Waals surface area contributed by atoms with E-state index in [2.05, 4.69) is 15.9 Å². The van der Waals surface area contributed by atoms with E-state index < -0.39 is 16.4 Å². The molecule has 0 saturated heterocycles. The minimum Gasteiger partial charge on any atom is -0.323 e. The molecule has 1 aromatic carbocycles. The highest BCUT2D eigenvalue weighted by molar-refractivity contribution is 9.10. The Morgan fingerprint density at radius 2 is 2.21 bits per heavy atom. The summed E-state index contributed by atoms with van der Waals surface area (Å²) in [5.41, 5.74) is -0.933. The number of rotatable bonds is 3. The first-order chi connectivity index (χ1) is 6.57. The Hall–Kier alpha value is -1.50. The van der Waals surface area contributed by atoms with Crippen LogP contribution in [0.3, 0.4) is 0 Å². The molecule has 0 aliphatic carbocycles. The van der Waals surface area contributed by atoms with Crippen molar-refractivity contribution in [2.24, 2.45) is 0 Å². The second kappa shape index (κ2) is 4.14. The van der Waals surface area contributed by atoms with Crippen LogP contribution in [0.15, 0.2) is 16.6 Å². The fourth-order valence-electron chi connectivity index (χ4n) is 0.898. The highest BCUT2D eigenvalue weighted by atomic mass is 79.9. The average molecular weight is 263 g/mol. The molecule has 0 aliphatic heterocycles. The Morgan fingerprint density at radius 3 is 2.71 bits per heavy atom. The van der Waals surface area contributed by atoms with Gasteiger partial charge in [-0.25, -0.2) is 0 Å². The molecule has 0 atom stereocenters. The second-order valence-corrected chi connectivity index (χ2v) is 3.13. The highest BCUT2D eigenvalue weighted by Gasteiger charge is 2.22. The Labute approximate surface area is 86.2 Å². The Kier molecular flexibility index (Phi) is 3.13. The van der Waals surface area contributed by atoms with Crippen molar-refractivity contribution in [2.75, 3.05) is 5.32 Å². The number of anilines is 1. The van der Waals surface area contributed by atoms with Crippen molar-refractivity contribution in [3.63, 3.8) is 0 Å². The number of carbonyl (C=O) groups is 1. The number of hydrogen-bond donors (Lipinski definition) is 1. The van der Waals surface area contributed by atoms with Gasteiger partial charge in [-0.1, -0.05) is 0 Å². The van der Waals surface area contributed by atoms with Gasteiger partial charge in [0, 0.05) is 0 Å². The molecule has 0 bridgehead atoms.